The molecule has 1 heterocycles. The third kappa shape index (κ3) is 10.2. The minimum atomic E-state index is -2.61. The van der Waals surface area contributed by atoms with E-state index in [0.29, 0.717) is 0 Å². The third-order valence-corrected chi connectivity index (χ3v) is 1.63. The predicted molar refractivity (Wildman–Crippen MR) is 71.4 cm³/mol. The van der Waals surface area contributed by atoms with Gasteiger partial charge in [-0.25, -0.2) is 0 Å². The standard InChI is InChI=1S/C9H7NO.2H2O3S/c11-9-6-5-7-3-1-2-4-8(7)10-9;2*1-4(2)3/h1-6H,(H,10,11);2*(H2,1,2,3). The minimum absolute atomic E-state index is 0.0521. The molecule has 106 valence electrons. The van der Waals surface area contributed by atoms with E-state index in [-0.39, 0.29) is 5.56 Å². The summed E-state index contributed by atoms with van der Waals surface area (Å²) in [7, 11) is 0. The molecule has 2 rings (SSSR count). The number of benzene rings is 1. The molecule has 0 aliphatic heterocycles. The molecule has 0 unspecified atom stereocenters. The van der Waals surface area contributed by atoms with E-state index in [1.54, 1.807) is 0 Å². The lowest BCUT2D eigenvalue weighted by Crippen LogP contribution is -2.01. The molecule has 0 bridgehead atoms. The van der Waals surface area contributed by atoms with E-state index in [1.807, 2.05) is 30.3 Å². The zero-order chi connectivity index (χ0) is 14.8. The summed E-state index contributed by atoms with van der Waals surface area (Å²) in [5.41, 5.74) is 0.837. The van der Waals surface area contributed by atoms with E-state index in [9.17, 15) is 4.79 Å². The van der Waals surface area contributed by atoms with Crippen molar-refractivity contribution in [1.29, 1.82) is 0 Å². The first-order chi connectivity index (χ1) is 8.82. The number of hydrogen-bond acceptors (Lipinski definition) is 3. The van der Waals surface area contributed by atoms with Crippen molar-refractivity contribution in [3.8, 4) is 0 Å². The monoisotopic (exact) mass is 309 g/mol. The summed E-state index contributed by atoms with van der Waals surface area (Å²) >= 11 is -5.22. The van der Waals surface area contributed by atoms with Crippen LogP contribution in [0.5, 0.6) is 0 Å². The zero-order valence-electron chi connectivity index (χ0n) is 9.29. The lowest BCUT2D eigenvalue weighted by atomic mass is 10.2. The van der Waals surface area contributed by atoms with Crippen LogP contribution in [-0.2, 0) is 22.7 Å². The Morgan fingerprint density at radius 2 is 1.32 bits per heavy atom. The van der Waals surface area contributed by atoms with Gasteiger partial charge in [0.15, 0.2) is 0 Å². The van der Waals surface area contributed by atoms with E-state index in [2.05, 4.69) is 4.98 Å². The molecular formula is C9H11NO7S2. The molecule has 5 N–H and O–H groups in total. The molecule has 1 aromatic heterocycles. The van der Waals surface area contributed by atoms with E-state index in [4.69, 9.17) is 26.6 Å². The van der Waals surface area contributed by atoms with Gasteiger partial charge >= 0.3 is 0 Å². The first kappa shape index (κ1) is 17.6. The number of pyridine rings is 1. The zero-order valence-corrected chi connectivity index (χ0v) is 10.9. The molecule has 19 heavy (non-hydrogen) atoms. The van der Waals surface area contributed by atoms with Gasteiger partial charge in [-0.15, -0.1) is 0 Å². The maximum atomic E-state index is 10.8. The third-order valence-electron chi connectivity index (χ3n) is 1.63. The highest BCUT2D eigenvalue weighted by atomic mass is 32.2. The summed E-state index contributed by atoms with van der Waals surface area (Å²) in [5.74, 6) is 0. The van der Waals surface area contributed by atoms with Crippen LogP contribution in [0, 0.1) is 0 Å². The van der Waals surface area contributed by atoms with E-state index < -0.39 is 22.7 Å². The van der Waals surface area contributed by atoms with Gasteiger partial charge in [0.2, 0.25) is 5.56 Å². The van der Waals surface area contributed by atoms with Gasteiger partial charge < -0.3 is 4.98 Å². The molecule has 1 aromatic carbocycles. The fourth-order valence-electron chi connectivity index (χ4n) is 1.10. The Morgan fingerprint density at radius 3 is 1.84 bits per heavy atom. The van der Waals surface area contributed by atoms with Gasteiger partial charge in [0.25, 0.3) is 22.7 Å². The lowest BCUT2D eigenvalue weighted by molar-refractivity contribution is 0.452. The molecular weight excluding hydrogens is 298 g/mol. The molecule has 10 heteroatoms. The van der Waals surface area contributed by atoms with Gasteiger partial charge in [0.1, 0.15) is 0 Å². The van der Waals surface area contributed by atoms with Crippen molar-refractivity contribution in [3.63, 3.8) is 0 Å². The number of aromatic nitrogens is 1. The van der Waals surface area contributed by atoms with Crippen LogP contribution in [-0.4, -0.2) is 31.6 Å². The molecule has 0 radical (unpaired) electrons. The maximum absolute atomic E-state index is 10.8. The van der Waals surface area contributed by atoms with Gasteiger partial charge in [-0.3, -0.25) is 23.0 Å². The van der Waals surface area contributed by atoms with Crippen molar-refractivity contribution in [3.05, 3.63) is 46.8 Å². The summed E-state index contributed by atoms with van der Waals surface area (Å²) in [4.78, 5) is 13.6. The van der Waals surface area contributed by atoms with E-state index in [0.717, 1.165) is 10.9 Å². The molecule has 0 saturated carbocycles. The van der Waals surface area contributed by atoms with Gasteiger partial charge in [-0.2, -0.15) is 8.42 Å². The highest BCUT2D eigenvalue weighted by Gasteiger charge is 1.89. The van der Waals surface area contributed by atoms with Crippen molar-refractivity contribution in [2.45, 2.75) is 0 Å². The van der Waals surface area contributed by atoms with E-state index in [1.165, 1.54) is 6.07 Å². The van der Waals surface area contributed by atoms with Crippen LogP contribution in [0.1, 0.15) is 0 Å². The van der Waals surface area contributed by atoms with E-state index >= 15 is 0 Å². The number of aromatic amines is 1. The molecule has 0 aliphatic rings. The Morgan fingerprint density at radius 1 is 0.842 bits per heavy atom. The topological polar surface area (TPSA) is 148 Å². The summed E-state index contributed by atoms with van der Waals surface area (Å²) in [5, 5.41) is 1.06. The van der Waals surface area contributed by atoms with Gasteiger partial charge in [-0.1, -0.05) is 18.2 Å². The number of para-hydroxylation sites is 1. The fourth-order valence-corrected chi connectivity index (χ4v) is 1.10. The number of fused-ring (bicyclic) bond motifs is 1. The highest BCUT2D eigenvalue weighted by molar-refractivity contribution is 7.73. The molecule has 8 nitrogen and oxygen atoms in total. The van der Waals surface area contributed by atoms with Gasteiger partial charge in [-0.05, 0) is 17.5 Å². The summed E-state index contributed by atoms with van der Waals surface area (Å²) < 4.78 is 45.7. The Bertz CT molecular complexity index is 593. The van der Waals surface area contributed by atoms with Crippen molar-refractivity contribution in [1.82, 2.24) is 4.98 Å². The van der Waals surface area contributed by atoms with Crippen LogP contribution in [0.2, 0.25) is 0 Å². The average Bonchev–Trinajstić information content (AvgIpc) is 2.27. The first-order valence-electron chi connectivity index (χ1n) is 4.51. The normalized spacial score (nSPS) is 9.58. The van der Waals surface area contributed by atoms with Crippen LogP contribution in [0.4, 0.5) is 0 Å². The molecule has 0 atom stereocenters. The molecule has 0 saturated heterocycles. The van der Waals surface area contributed by atoms with Crippen molar-refractivity contribution in [2.75, 3.05) is 0 Å². The second kappa shape index (κ2) is 9.49. The van der Waals surface area contributed by atoms with Crippen molar-refractivity contribution in [2.24, 2.45) is 0 Å². The predicted octanol–water partition coefficient (Wildman–Crippen LogP) is 0.890. The van der Waals surface area contributed by atoms with Gasteiger partial charge in [0.05, 0.1) is 0 Å². The Balaban J connectivity index is 0.000000342. The smallest absolute Gasteiger partial charge is 0.299 e. The molecule has 0 spiro atoms. The fraction of sp³-hybridized carbons (Fsp3) is 0. The Labute approximate surface area is 112 Å². The highest BCUT2D eigenvalue weighted by Crippen LogP contribution is 2.06. The number of hydrogen-bond donors (Lipinski definition) is 5. The molecule has 2 aromatic rings. The SMILES string of the molecule is O=S(O)O.O=S(O)O.O=c1ccc2ccccc2[nH]1. The summed E-state index contributed by atoms with van der Waals surface area (Å²) in [6.45, 7) is 0. The first-order valence-corrected chi connectivity index (χ1v) is 6.63. The molecule has 0 fully saturated rings. The second-order valence-corrected chi connectivity index (χ2v) is 3.79. The van der Waals surface area contributed by atoms with Crippen molar-refractivity contribution < 1.29 is 26.6 Å². The summed E-state index contributed by atoms with van der Waals surface area (Å²) in [6, 6.07) is 11.0. The second-order valence-electron chi connectivity index (χ2n) is 2.87. The van der Waals surface area contributed by atoms with Crippen LogP contribution in [0.15, 0.2) is 41.2 Å². The van der Waals surface area contributed by atoms with Crippen molar-refractivity contribution >= 4 is 33.6 Å². The average molecular weight is 309 g/mol. The quantitative estimate of drug-likeness (QED) is 0.454. The maximum Gasteiger partial charge on any atom is 0.299 e. The minimum Gasteiger partial charge on any atom is -0.322 e. The number of nitrogens with one attached hydrogen (secondary N) is 1. The lowest BCUT2D eigenvalue weighted by Gasteiger charge is -1.93. The number of rotatable bonds is 0. The van der Waals surface area contributed by atoms with Gasteiger partial charge in [0, 0.05) is 11.6 Å². The van der Waals surface area contributed by atoms with Crippen LogP contribution < -0.4 is 5.56 Å². The molecule has 0 aliphatic carbocycles. The molecule has 0 amide bonds. The Hall–Kier alpha value is -1.43. The van der Waals surface area contributed by atoms with Crippen LogP contribution in [0.25, 0.3) is 10.9 Å². The number of H-pyrrole nitrogens is 1. The summed E-state index contributed by atoms with van der Waals surface area (Å²) in [6.07, 6.45) is 0. The Kier molecular flexibility index (Phi) is 8.78. The van der Waals surface area contributed by atoms with Crippen LogP contribution in [0.3, 0.4) is 0 Å². The van der Waals surface area contributed by atoms with Crippen LogP contribution >= 0.6 is 0 Å². The largest absolute Gasteiger partial charge is 0.322 e.